The Kier molecular flexibility index (Phi) is 7.28. The second-order valence-corrected chi connectivity index (χ2v) is 6.23. The van der Waals surface area contributed by atoms with E-state index in [9.17, 15) is 9.90 Å². The number of β-amino-alcohol motifs (C(OH)–C–C–N with tert-alkyl or cyclic N) is 1. The summed E-state index contributed by atoms with van der Waals surface area (Å²) in [6, 6.07) is 5.63. The molecule has 0 radical (unpaired) electrons. The second kappa shape index (κ2) is 9.44. The number of hydrogen-bond donors (Lipinski definition) is 1. The minimum atomic E-state index is -0.344. The van der Waals surface area contributed by atoms with Gasteiger partial charge in [-0.1, -0.05) is 18.2 Å². The van der Waals surface area contributed by atoms with Gasteiger partial charge < -0.3 is 19.5 Å². The molecule has 0 saturated carbocycles. The van der Waals surface area contributed by atoms with Gasteiger partial charge in [-0.3, -0.25) is 9.69 Å². The summed E-state index contributed by atoms with van der Waals surface area (Å²) >= 11 is 0. The van der Waals surface area contributed by atoms with Crippen molar-refractivity contribution in [3.63, 3.8) is 0 Å². The predicted octanol–water partition coefficient (Wildman–Crippen LogP) is 1.63. The van der Waals surface area contributed by atoms with Gasteiger partial charge in [-0.2, -0.15) is 0 Å². The Morgan fingerprint density at radius 2 is 2.00 bits per heavy atom. The smallest absolute Gasteiger partial charge is 0.260 e. The van der Waals surface area contributed by atoms with Crippen LogP contribution >= 0.6 is 0 Å². The van der Waals surface area contributed by atoms with Gasteiger partial charge in [0.05, 0.1) is 13.2 Å². The van der Waals surface area contributed by atoms with E-state index >= 15 is 0 Å². The van der Waals surface area contributed by atoms with E-state index in [0.29, 0.717) is 31.1 Å². The molecular formula is C19H28N2O4. The zero-order chi connectivity index (χ0) is 18.2. The van der Waals surface area contributed by atoms with E-state index in [1.54, 1.807) is 18.9 Å². The number of carbonyl (C=O) groups is 1. The minimum Gasteiger partial charge on any atom is -0.493 e. The average Bonchev–Trinajstić information content (AvgIpc) is 2.60. The topological polar surface area (TPSA) is 62.2 Å². The number of rotatable bonds is 7. The van der Waals surface area contributed by atoms with Gasteiger partial charge in [0.1, 0.15) is 0 Å². The molecule has 1 N–H and O–H groups in total. The maximum atomic E-state index is 12.4. The van der Waals surface area contributed by atoms with Crippen molar-refractivity contribution in [3.05, 3.63) is 29.8 Å². The molecule has 1 saturated heterocycles. The van der Waals surface area contributed by atoms with Crippen LogP contribution in [0.4, 0.5) is 0 Å². The molecule has 0 aliphatic carbocycles. The number of aliphatic hydroxyl groups is 1. The first-order valence-corrected chi connectivity index (χ1v) is 8.65. The molecule has 0 bridgehead atoms. The van der Waals surface area contributed by atoms with Gasteiger partial charge in [0, 0.05) is 32.7 Å². The standard InChI is InChI=1S/C19H28N2O4/c1-4-5-16-6-7-17(18(12-16)24-3)25-14-19(23)21-10-8-20(9-11-21)13-15(2)22/h4-7,12,15,22H,8-11,13-14H2,1-3H3/b5-4+/t15-/m0/s1. The summed E-state index contributed by atoms with van der Waals surface area (Å²) in [4.78, 5) is 16.3. The predicted molar refractivity (Wildman–Crippen MR) is 97.9 cm³/mol. The summed E-state index contributed by atoms with van der Waals surface area (Å²) in [5, 5.41) is 9.43. The number of methoxy groups -OCH3 is 1. The number of allylic oxidation sites excluding steroid dienone is 1. The Bertz CT molecular complexity index is 593. The normalized spacial score (nSPS) is 16.9. The fourth-order valence-electron chi connectivity index (χ4n) is 2.88. The maximum Gasteiger partial charge on any atom is 0.260 e. The van der Waals surface area contributed by atoms with Gasteiger partial charge in [0.2, 0.25) is 0 Å². The number of hydrogen-bond acceptors (Lipinski definition) is 5. The van der Waals surface area contributed by atoms with E-state index in [0.717, 1.165) is 18.7 Å². The molecule has 1 atom stereocenters. The number of piperazine rings is 1. The molecule has 25 heavy (non-hydrogen) atoms. The second-order valence-electron chi connectivity index (χ2n) is 6.23. The lowest BCUT2D eigenvalue weighted by Crippen LogP contribution is -2.51. The highest BCUT2D eigenvalue weighted by Gasteiger charge is 2.22. The van der Waals surface area contributed by atoms with Crippen molar-refractivity contribution >= 4 is 12.0 Å². The van der Waals surface area contributed by atoms with Crippen molar-refractivity contribution in [2.75, 3.05) is 46.4 Å². The van der Waals surface area contributed by atoms with Crippen LogP contribution < -0.4 is 9.47 Å². The Morgan fingerprint density at radius 3 is 2.60 bits per heavy atom. The highest BCUT2D eigenvalue weighted by Crippen LogP contribution is 2.28. The zero-order valence-electron chi connectivity index (χ0n) is 15.3. The number of nitrogens with zero attached hydrogens (tertiary/aromatic N) is 2. The number of ether oxygens (including phenoxy) is 2. The van der Waals surface area contributed by atoms with Gasteiger partial charge >= 0.3 is 0 Å². The van der Waals surface area contributed by atoms with Crippen molar-refractivity contribution < 1.29 is 19.4 Å². The van der Waals surface area contributed by atoms with Crippen LogP contribution in [0.3, 0.4) is 0 Å². The molecule has 1 fully saturated rings. The number of carbonyl (C=O) groups excluding carboxylic acids is 1. The summed E-state index contributed by atoms with van der Waals surface area (Å²) in [6.45, 7) is 7.25. The molecule has 1 amide bonds. The third-order valence-electron chi connectivity index (χ3n) is 4.15. The van der Waals surface area contributed by atoms with Crippen LogP contribution in [0.2, 0.25) is 0 Å². The van der Waals surface area contributed by atoms with Crippen molar-refractivity contribution in [3.8, 4) is 11.5 Å². The van der Waals surface area contributed by atoms with Gasteiger partial charge in [-0.15, -0.1) is 0 Å². The van der Waals surface area contributed by atoms with E-state index in [4.69, 9.17) is 9.47 Å². The third kappa shape index (κ3) is 5.76. The van der Waals surface area contributed by atoms with Crippen molar-refractivity contribution in [2.24, 2.45) is 0 Å². The summed E-state index contributed by atoms with van der Waals surface area (Å²) in [5.74, 6) is 1.15. The first kappa shape index (κ1) is 19.3. The SMILES string of the molecule is C/C=C/c1ccc(OCC(=O)N2CCN(C[C@H](C)O)CC2)c(OC)c1. The first-order chi connectivity index (χ1) is 12.0. The Balaban J connectivity index is 1.86. The molecule has 0 spiro atoms. The van der Waals surface area contributed by atoms with Gasteiger partial charge in [-0.25, -0.2) is 0 Å². The van der Waals surface area contributed by atoms with E-state index in [1.165, 1.54) is 0 Å². The van der Waals surface area contributed by atoms with Crippen molar-refractivity contribution in [2.45, 2.75) is 20.0 Å². The lowest BCUT2D eigenvalue weighted by molar-refractivity contribution is -0.135. The summed E-state index contributed by atoms with van der Waals surface area (Å²) < 4.78 is 11.0. The van der Waals surface area contributed by atoms with Crippen LogP contribution in [0.5, 0.6) is 11.5 Å². The Labute approximate surface area is 149 Å². The molecule has 6 heteroatoms. The van der Waals surface area contributed by atoms with E-state index in [2.05, 4.69) is 4.90 Å². The largest absolute Gasteiger partial charge is 0.493 e. The first-order valence-electron chi connectivity index (χ1n) is 8.65. The lowest BCUT2D eigenvalue weighted by atomic mass is 10.2. The minimum absolute atomic E-state index is 0.00424. The molecular weight excluding hydrogens is 320 g/mol. The fourth-order valence-corrected chi connectivity index (χ4v) is 2.88. The van der Waals surface area contributed by atoms with Crippen LogP contribution in [0.1, 0.15) is 19.4 Å². The monoisotopic (exact) mass is 348 g/mol. The van der Waals surface area contributed by atoms with E-state index in [-0.39, 0.29) is 18.6 Å². The van der Waals surface area contributed by atoms with Crippen molar-refractivity contribution in [1.82, 2.24) is 9.80 Å². The van der Waals surface area contributed by atoms with Crippen LogP contribution in [-0.2, 0) is 4.79 Å². The molecule has 138 valence electrons. The zero-order valence-corrected chi connectivity index (χ0v) is 15.3. The summed E-state index contributed by atoms with van der Waals surface area (Å²) in [5.41, 5.74) is 1.02. The highest BCUT2D eigenvalue weighted by atomic mass is 16.5. The van der Waals surface area contributed by atoms with Gasteiger partial charge in [0.25, 0.3) is 5.91 Å². The van der Waals surface area contributed by atoms with E-state index in [1.807, 2.05) is 37.3 Å². The lowest BCUT2D eigenvalue weighted by Gasteiger charge is -2.35. The van der Waals surface area contributed by atoms with Crippen LogP contribution in [0.25, 0.3) is 6.08 Å². The maximum absolute atomic E-state index is 12.4. The molecule has 1 aliphatic rings. The van der Waals surface area contributed by atoms with E-state index < -0.39 is 0 Å². The highest BCUT2D eigenvalue weighted by molar-refractivity contribution is 5.78. The van der Waals surface area contributed by atoms with Crippen LogP contribution in [-0.4, -0.2) is 73.4 Å². The van der Waals surface area contributed by atoms with Gasteiger partial charge in [0.15, 0.2) is 18.1 Å². The molecule has 1 aliphatic heterocycles. The Morgan fingerprint density at radius 1 is 1.28 bits per heavy atom. The summed E-state index contributed by atoms with van der Waals surface area (Å²) in [6.07, 6.45) is 3.59. The molecule has 1 aromatic carbocycles. The Hall–Kier alpha value is -2.05. The molecule has 0 aromatic heterocycles. The van der Waals surface area contributed by atoms with Crippen LogP contribution in [0, 0.1) is 0 Å². The molecule has 0 unspecified atom stereocenters. The molecule has 2 rings (SSSR count). The molecule has 6 nitrogen and oxygen atoms in total. The number of aliphatic hydroxyl groups excluding tert-OH is 1. The van der Waals surface area contributed by atoms with Crippen molar-refractivity contribution in [1.29, 1.82) is 0 Å². The number of benzene rings is 1. The third-order valence-corrected chi connectivity index (χ3v) is 4.15. The fraction of sp³-hybridized carbons (Fsp3) is 0.526. The summed E-state index contributed by atoms with van der Waals surface area (Å²) in [7, 11) is 1.59. The molecule has 1 aromatic rings. The average molecular weight is 348 g/mol. The molecule has 1 heterocycles. The van der Waals surface area contributed by atoms with Crippen LogP contribution in [0.15, 0.2) is 24.3 Å². The quantitative estimate of drug-likeness (QED) is 0.812. The van der Waals surface area contributed by atoms with Gasteiger partial charge in [-0.05, 0) is 31.5 Å². The number of amides is 1.